The van der Waals surface area contributed by atoms with Gasteiger partial charge >= 0.3 is 5.97 Å². The highest BCUT2D eigenvalue weighted by molar-refractivity contribution is 5.80. The van der Waals surface area contributed by atoms with E-state index in [-0.39, 0.29) is 12.5 Å². The van der Waals surface area contributed by atoms with Gasteiger partial charge in [0.05, 0.1) is 6.54 Å². The molecule has 1 amide bonds. The zero-order valence-corrected chi connectivity index (χ0v) is 12.3. The van der Waals surface area contributed by atoms with Crippen molar-refractivity contribution in [2.45, 2.75) is 38.8 Å². The molecule has 0 radical (unpaired) electrons. The Bertz CT molecular complexity index is 516. The normalized spacial score (nSPS) is 18.0. The largest absolute Gasteiger partial charge is 0.480 e. The fourth-order valence-corrected chi connectivity index (χ4v) is 2.63. The quantitative estimate of drug-likeness (QED) is 0.777. The minimum atomic E-state index is -0.870. The van der Waals surface area contributed by atoms with Crippen molar-refractivity contribution in [3.8, 4) is 0 Å². The van der Waals surface area contributed by atoms with E-state index in [9.17, 15) is 14.7 Å². The number of aliphatic carboxylic acids is 1. The first-order valence-corrected chi connectivity index (χ1v) is 7.42. The maximum absolute atomic E-state index is 11.9. The Kier molecular flexibility index (Phi) is 5.33. The van der Waals surface area contributed by atoms with Crippen LogP contribution in [0.5, 0.6) is 0 Å². The fourth-order valence-electron chi connectivity index (χ4n) is 2.63. The summed E-state index contributed by atoms with van der Waals surface area (Å²) in [6, 6.07) is 7.20. The number of carbonyl (C=O) groups excluding carboxylic acids is 1. The highest BCUT2D eigenvalue weighted by atomic mass is 16.4. The maximum atomic E-state index is 11.9. The van der Waals surface area contributed by atoms with Gasteiger partial charge < -0.3 is 10.4 Å². The van der Waals surface area contributed by atoms with Crippen molar-refractivity contribution >= 4 is 11.9 Å². The van der Waals surface area contributed by atoms with Gasteiger partial charge in [0.2, 0.25) is 5.91 Å². The van der Waals surface area contributed by atoms with Gasteiger partial charge in [-0.2, -0.15) is 0 Å². The van der Waals surface area contributed by atoms with E-state index in [1.165, 1.54) is 0 Å². The van der Waals surface area contributed by atoms with E-state index in [4.69, 9.17) is 0 Å². The van der Waals surface area contributed by atoms with E-state index in [0.717, 1.165) is 24.0 Å². The number of rotatable bonds is 6. The second-order valence-corrected chi connectivity index (χ2v) is 5.44. The average molecular weight is 290 g/mol. The van der Waals surface area contributed by atoms with Gasteiger partial charge in [-0.25, -0.2) is 0 Å². The van der Waals surface area contributed by atoms with Crippen LogP contribution in [-0.4, -0.2) is 41.0 Å². The van der Waals surface area contributed by atoms with Crippen LogP contribution in [0.25, 0.3) is 0 Å². The molecule has 1 atom stereocenters. The molecule has 0 fully saturated rings. The summed E-state index contributed by atoms with van der Waals surface area (Å²) in [5.74, 6) is -0.972. The number of carboxylic acids is 1. The Labute approximate surface area is 125 Å². The van der Waals surface area contributed by atoms with Gasteiger partial charge in [0.1, 0.15) is 6.04 Å². The summed E-state index contributed by atoms with van der Waals surface area (Å²) in [6.07, 6.45) is 2.42. The smallest absolute Gasteiger partial charge is 0.321 e. The molecule has 2 rings (SSSR count). The fraction of sp³-hybridized carbons (Fsp3) is 0.500. The zero-order chi connectivity index (χ0) is 15.2. The molecule has 1 unspecified atom stereocenters. The van der Waals surface area contributed by atoms with E-state index in [2.05, 4.69) is 12.2 Å². The molecule has 0 aliphatic carbocycles. The van der Waals surface area contributed by atoms with Gasteiger partial charge in [0.25, 0.3) is 0 Å². The number of nitrogens with one attached hydrogen (secondary N) is 1. The molecular formula is C16H22N2O3. The van der Waals surface area contributed by atoms with Crippen molar-refractivity contribution in [3.63, 3.8) is 0 Å². The Balaban J connectivity index is 2.03. The van der Waals surface area contributed by atoms with Crippen molar-refractivity contribution in [3.05, 3.63) is 35.4 Å². The molecule has 5 heteroatoms. The minimum absolute atomic E-state index is 0.103. The molecule has 0 bridgehead atoms. The molecule has 0 saturated carbocycles. The molecule has 21 heavy (non-hydrogen) atoms. The molecule has 0 spiro atoms. The third-order valence-electron chi connectivity index (χ3n) is 3.83. The third-order valence-corrected chi connectivity index (χ3v) is 3.83. The van der Waals surface area contributed by atoms with Crippen LogP contribution in [0.4, 0.5) is 0 Å². The first-order chi connectivity index (χ1) is 10.1. The van der Waals surface area contributed by atoms with Crippen LogP contribution in [0.3, 0.4) is 0 Å². The Morgan fingerprint density at radius 2 is 2.05 bits per heavy atom. The predicted molar refractivity (Wildman–Crippen MR) is 79.9 cm³/mol. The number of unbranched alkanes of at least 4 members (excludes halogenated alkanes) is 1. The van der Waals surface area contributed by atoms with Crippen LogP contribution in [0.2, 0.25) is 0 Å². The van der Waals surface area contributed by atoms with Gasteiger partial charge in [-0.1, -0.05) is 37.6 Å². The van der Waals surface area contributed by atoms with Gasteiger partial charge in [-0.15, -0.1) is 0 Å². The highest BCUT2D eigenvalue weighted by Gasteiger charge is 2.32. The summed E-state index contributed by atoms with van der Waals surface area (Å²) in [5, 5.41) is 12.2. The van der Waals surface area contributed by atoms with Gasteiger partial charge in [0.15, 0.2) is 0 Å². The number of hydrogen-bond acceptors (Lipinski definition) is 3. The molecular weight excluding hydrogens is 268 g/mol. The summed E-state index contributed by atoms with van der Waals surface area (Å²) in [7, 11) is 0. The lowest BCUT2D eigenvalue weighted by Crippen LogP contribution is -2.49. The number of carboxylic acid groups (broad SMARTS) is 1. The molecule has 1 aliphatic heterocycles. The van der Waals surface area contributed by atoms with Crippen LogP contribution >= 0.6 is 0 Å². The van der Waals surface area contributed by atoms with E-state index in [1.807, 2.05) is 24.3 Å². The van der Waals surface area contributed by atoms with Crippen molar-refractivity contribution in [1.82, 2.24) is 10.2 Å². The van der Waals surface area contributed by atoms with Crippen molar-refractivity contribution in [2.24, 2.45) is 0 Å². The summed E-state index contributed by atoms with van der Waals surface area (Å²) in [6.45, 7) is 3.36. The lowest BCUT2D eigenvalue weighted by Gasteiger charge is -2.33. The Morgan fingerprint density at radius 3 is 2.71 bits per heavy atom. The van der Waals surface area contributed by atoms with Crippen LogP contribution in [-0.2, 0) is 22.6 Å². The molecule has 2 N–H and O–H groups in total. The van der Waals surface area contributed by atoms with Gasteiger partial charge in [-0.3, -0.25) is 14.5 Å². The number of nitrogens with zero attached hydrogens (tertiary/aromatic N) is 1. The molecule has 0 aromatic heterocycles. The summed E-state index contributed by atoms with van der Waals surface area (Å²) < 4.78 is 0. The molecule has 114 valence electrons. The number of benzene rings is 1. The average Bonchev–Trinajstić information content (AvgIpc) is 2.46. The van der Waals surface area contributed by atoms with E-state index < -0.39 is 12.0 Å². The third kappa shape index (κ3) is 4.04. The van der Waals surface area contributed by atoms with Crippen LogP contribution in [0, 0.1) is 0 Å². The summed E-state index contributed by atoms with van der Waals surface area (Å²) in [5.41, 5.74) is 2.17. The van der Waals surface area contributed by atoms with Crippen LogP contribution in [0.15, 0.2) is 24.3 Å². The van der Waals surface area contributed by atoms with Crippen LogP contribution in [0.1, 0.15) is 30.9 Å². The lowest BCUT2D eigenvalue weighted by atomic mass is 9.94. The zero-order valence-electron chi connectivity index (χ0n) is 12.3. The Morgan fingerprint density at radius 1 is 1.33 bits per heavy atom. The standard InChI is InChI=1S/C16H22N2O3/c1-2-3-8-17-15(19)11-18-10-13-7-5-4-6-12(13)9-14(18)16(20)21/h4-7,14H,2-3,8-11H2,1H3,(H,17,19)(H,20,21). The summed E-state index contributed by atoms with van der Waals surface area (Å²) in [4.78, 5) is 25.1. The molecule has 5 nitrogen and oxygen atoms in total. The minimum Gasteiger partial charge on any atom is -0.480 e. The van der Waals surface area contributed by atoms with Crippen molar-refractivity contribution in [1.29, 1.82) is 0 Å². The molecule has 1 aromatic carbocycles. The molecule has 1 heterocycles. The van der Waals surface area contributed by atoms with Crippen LogP contribution < -0.4 is 5.32 Å². The number of hydrogen-bond donors (Lipinski definition) is 2. The predicted octanol–water partition coefficient (Wildman–Crippen LogP) is 1.41. The van der Waals surface area contributed by atoms with Crippen molar-refractivity contribution in [2.75, 3.05) is 13.1 Å². The second kappa shape index (κ2) is 7.22. The van der Waals surface area contributed by atoms with E-state index in [1.54, 1.807) is 4.90 Å². The summed E-state index contributed by atoms with van der Waals surface area (Å²) >= 11 is 0. The van der Waals surface area contributed by atoms with E-state index >= 15 is 0 Å². The SMILES string of the molecule is CCCCNC(=O)CN1Cc2ccccc2CC1C(=O)O. The molecule has 1 aromatic rings. The monoisotopic (exact) mass is 290 g/mol. The Hall–Kier alpha value is -1.88. The second-order valence-electron chi connectivity index (χ2n) is 5.44. The molecule has 1 aliphatic rings. The first kappa shape index (κ1) is 15.5. The topological polar surface area (TPSA) is 69.6 Å². The first-order valence-electron chi connectivity index (χ1n) is 7.42. The van der Waals surface area contributed by atoms with E-state index in [0.29, 0.717) is 19.5 Å². The molecule has 0 saturated heterocycles. The van der Waals surface area contributed by atoms with Gasteiger partial charge in [-0.05, 0) is 24.0 Å². The van der Waals surface area contributed by atoms with Crippen molar-refractivity contribution < 1.29 is 14.7 Å². The lowest BCUT2D eigenvalue weighted by molar-refractivity contribution is -0.144. The number of amides is 1. The van der Waals surface area contributed by atoms with Gasteiger partial charge in [0, 0.05) is 13.1 Å². The number of carbonyl (C=O) groups is 2. The maximum Gasteiger partial charge on any atom is 0.321 e. The number of fused-ring (bicyclic) bond motifs is 1. The highest BCUT2D eigenvalue weighted by Crippen LogP contribution is 2.23.